The topological polar surface area (TPSA) is 103 Å². The molecule has 0 radical (unpaired) electrons. The summed E-state index contributed by atoms with van der Waals surface area (Å²) in [6.45, 7) is 4.21. The molecule has 5 atom stereocenters. The van der Waals surface area contributed by atoms with Crippen molar-refractivity contribution in [1.29, 1.82) is 0 Å². The second-order valence-corrected chi connectivity index (χ2v) is 12.1. The standard InChI is InChI=1S/C27H34F4N2O5S/c1-26(2)19-7-15(4-5-17(19)11-37-26)10-33-21-14-39(35)13-18(25(21)34)6-16-8-20(28)24(32)22(9-16)38-23(12-36-3)27(29,30)31/h4-5,7-9,18,21,23,25,33-34H,6,10-14,32H2,1-3H3/t18-,21+,23-,25+,39-/m1/s1. The number of nitrogens with one attached hydrogen (secondary N) is 1. The van der Waals surface area contributed by atoms with Crippen molar-refractivity contribution in [2.75, 3.05) is 31.0 Å². The van der Waals surface area contributed by atoms with Gasteiger partial charge in [0.25, 0.3) is 0 Å². The zero-order chi connectivity index (χ0) is 28.5. The van der Waals surface area contributed by atoms with Crippen molar-refractivity contribution in [2.24, 2.45) is 5.92 Å². The molecule has 4 rings (SSSR count). The van der Waals surface area contributed by atoms with Gasteiger partial charge in [0, 0.05) is 47.9 Å². The predicted octanol–water partition coefficient (Wildman–Crippen LogP) is 3.57. The summed E-state index contributed by atoms with van der Waals surface area (Å²) in [6, 6.07) is 7.90. The van der Waals surface area contributed by atoms with Gasteiger partial charge in [-0.3, -0.25) is 4.21 Å². The Morgan fingerprint density at radius 3 is 2.67 bits per heavy atom. The van der Waals surface area contributed by atoms with Gasteiger partial charge >= 0.3 is 6.18 Å². The van der Waals surface area contributed by atoms with Crippen molar-refractivity contribution >= 4 is 16.5 Å². The van der Waals surface area contributed by atoms with Crippen molar-refractivity contribution in [1.82, 2.24) is 5.32 Å². The van der Waals surface area contributed by atoms with Gasteiger partial charge in [-0.05, 0) is 54.7 Å². The zero-order valence-electron chi connectivity index (χ0n) is 22.0. The molecule has 39 heavy (non-hydrogen) atoms. The van der Waals surface area contributed by atoms with E-state index in [0.717, 1.165) is 29.9 Å². The molecule has 12 heteroatoms. The molecule has 0 bridgehead atoms. The first-order valence-corrected chi connectivity index (χ1v) is 14.1. The number of nitrogen functional groups attached to an aromatic ring is 1. The third kappa shape index (κ3) is 6.91. The lowest BCUT2D eigenvalue weighted by Crippen LogP contribution is -2.53. The molecular weight excluding hydrogens is 540 g/mol. The second-order valence-electron chi connectivity index (χ2n) is 10.6. The largest absolute Gasteiger partial charge is 0.476 e. The summed E-state index contributed by atoms with van der Waals surface area (Å²) in [5.74, 6) is -1.52. The van der Waals surface area contributed by atoms with Gasteiger partial charge in [-0.15, -0.1) is 0 Å². The number of methoxy groups -OCH3 is 1. The minimum absolute atomic E-state index is 0.0734. The monoisotopic (exact) mass is 574 g/mol. The molecule has 7 nitrogen and oxygen atoms in total. The first-order valence-electron chi connectivity index (χ1n) is 12.6. The van der Waals surface area contributed by atoms with E-state index in [1.807, 2.05) is 26.0 Å². The van der Waals surface area contributed by atoms with E-state index in [1.165, 1.54) is 6.07 Å². The smallest absolute Gasteiger partial charge is 0.427 e. The molecule has 0 saturated carbocycles. The maximum atomic E-state index is 14.6. The Morgan fingerprint density at radius 1 is 1.23 bits per heavy atom. The maximum Gasteiger partial charge on any atom is 0.427 e. The summed E-state index contributed by atoms with van der Waals surface area (Å²) < 4.78 is 82.6. The quantitative estimate of drug-likeness (QED) is 0.311. The van der Waals surface area contributed by atoms with Gasteiger partial charge in [0.15, 0.2) is 0 Å². The molecule has 216 valence electrons. The van der Waals surface area contributed by atoms with Crippen LogP contribution >= 0.6 is 0 Å². The molecule has 0 aliphatic carbocycles. The Morgan fingerprint density at radius 2 is 1.97 bits per heavy atom. The number of fused-ring (bicyclic) bond motifs is 1. The fourth-order valence-electron chi connectivity index (χ4n) is 5.06. The minimum Gasteiger partial charge on any atom is -0.476 e. The fourth-order valence-corrected chi connectivity index (χ4v) is 6.71. The number of halogens is 4. The molecule has 0 spiro atoms. The van der Waals surface area contributed by atoms with Crippen LogP contribution in [0.5, 0.6) is 5.75 Å². The molecule has 1 fully saturated rings. The lowest BCUT2D eigenvalue weighted by Gasteiger charge is -2.35. The minimum atomic E-state index is -4.76. The van der Waals surface area contributed by atoms with Crippen LogP contribution < -0.4 is 15.8 Å². The molecule has 2 aliphatic rings. The number of rotatable bonds is 9. The number of alkyl halides is 3. The van der Waals surface area contributed by atoms with Gasteiger partial charge < -0.3 is 30.4 Å². The Bertz CT molecular complexity index is 1210. The summed E-state index contributed by atoms with van der Waals surface area (Å²) in [4.78, 5) is 0. The van der Waals surface area contributed by atoms with Crippen LogP contribution in [0.4, 0.5) is 23.2 Å². The van der Waals surface area contributed by atoms with Crippen LogP contribution in [0.3, 0.4) is 0 Å². The lowest BCUT2D eigenvalue weighted by atomic mass is 9.90. The van der Waals surface area contributed by atoms with E-state index in [1.54, 1.807) is 0 Å². The Balaban J connectivity index is 1.46. The average Bonchev–Trinajstić information content (AvgIpc) is 3.16. The number of nitrogens with two attached hydrogens (primary N) is 1. The normalized spacial score (nSPS) is 25.3. The van der Waals surface area contributed by atoms with Gasteiger partial charge in [-0.25, -0.2) is 4.39 Å². The Kier molecular flexibility index (Phi) is 8.92. The average molecular weight is 575 g/mol. The van der Waals surface area contributed by atoms with E-state index in [2.05, 4.69) is 16.1 Å². The fraction of sp³-hybridized carbons (Fsp3) is 0.556. The highest BCUT2D eigenvalue weighted by Crippen LogP contribution is 2.36. The first kappa shape index (κ1) is 29.7. The van der Waals surface area contributed by atoms with Crippen LogP contribution in [-0.4, -0.2) is 59.0 Å². The second kappa shape index (κ2) is 11.7. The molecule has 0 unspecified atom stereocenters. The molecular formula is C27H34F4N2O5S. The third-order valence-corrected chi connectivity index (χ3v) is 8.77. The van der Waals surface area contributed by atoms with Crippen molar-refractivity contribution in [3.8, 4) is 5.75 Å². The van der Waals surface area contributed by atoms with Crippen LogP contribution in [0, 0.1) is 11.7 Å². The maximum absolute atomic E-state index is 14.6. The van der Waals surface area contributed by atoms with Crippen LogP contribution in [0.2, 0.25) is 0 Å². The van der Waals surface area contributed by atoms with Crippen LogP contribution in [0.25, 0.3) is 0 Å². The Labute approximate surface area is 227 Å². The number of ether oxygens (including phenoxy) is 3. The number of benzene rings is 2. The molecule has 2 aromatic rings. The van der Waals surface area contributed by atoms with Crippen LogP contribution in [0.15, 0.2) is 30.3 Å². The molecule has 2 heterocycles. The highest BCUT2D eigenvalue weighted by atomic mass is 32.2. The number of hydrogen-bond donors (Lipinski definition) is 3. The van der Waals surface area contributed by atoms with Gasteiger partial charge in [0.2, 0.25) is 6.10 Å². The predicted molar refractivity (Wildman–Crippen MR) is 139 cm³/mol. The number of aliphatic hydroxyl groups is 1. The highest BCUT2D eigenvalue weighted by molar-refractivity contribution is 7.85. The van der Waals surface area contributed by atoms with Gasteiger partial charge in [-0.2, -0.15) is 13.2 Å². The molecule has 2 aromatic carbocycles. The van der Waals surface area contributed by atoms with Crippen LogP contribution in [-0.2, 0) is 45.4 Å². The zero-order valence-corrected chi connectivity index (χ0v) is 22.8. The van der Waals surface area contributed by atoms with Crippen molar-refractivity contribution in [2.45, 2.75) is 63.4 Å². The Hall–Kier alpha value is -2.25. The van der Waals surface area contributed by atoms with E-state index in [-0.39, 0.29) is 29.1 Å². The van der Waals surface area contributed by atoms with Gasteiger partial charge in [-0.1, -0.05) is 18.2 Å². The molecule has 1 saturated heterocycles. The third-order valence-electron chi connectivity index (χ3n) is 7.24. The van der Waals surface area contributed by atoms with E-state index < -0.39 is 65.0 Å². The van der Waals surface area contributed by atoms with E-state index >= 15 is 0 Å². The van der Waals surface area contributed by atoms with E-state index in [4.69, 9.17) is 15.2 Å². The number of anilines is 1. The highest BCUT2D eigenvalue weighted by Gasteiger charge is 2.42. The molecule has 0 amide bonds. The first-order chi connectivity index (χ1) is 18.3. The lowest BCUT2D eigenvalue weighted by molar-refractivity contribution is -0.206. The molecule has 2 aliphatic heterocycles. The summed E-state index contributed by atoms with van der Waals surface area (Å²) in [7, 11) is -0.167. The summed E-state index contributed by atoms with van der Waals surface area (Å²) in [6.07, 6.45) is -7.94. The molecule has 4 N–H and O–H groups in total. The van der Waals surface area contributed by atoms with Crippen molar-refractivity contribution in [3.05, 3.63) is 58.4 Å². The van der Waals surface area contributed by atoms with Crippen molar-refractivity contribution < 1.29 is 41.1 Å². The van der Waals surface area contributed by atoms with Crippen LogP contribution in [0.1, 0.15) is 36.1 Å². The molecule has 0 aromatic heterocycles. The van der Waals surface area contributed by atoms with E-state index in [9.17, 15) is 26.9 Å². The number of aliphatic hydroxyl groups excluding tert-OH is 1. The van der Waals surface area contributed by atoms with Crippen molar-refractivity contribution in [3.63, 3.8) is 0 Å². The van der Waals surface area contributed by atoms with Gasteiger partial charge in [0.1, 0.15) is 17.3 Å². The van der Waals surface area contributed by atoms with E-state index in [0.29, 0.717) is 13.2 Å². The van der Waals surface area contributed by atoms with Gasteiger partial charge in [0.05, 0.1) is 24.9 Å². The SMILES string of the molecule is COC[C@@H](Oc1cc(C[C@@H]2C[S@@](=O)C[C@H](NCc3ccc4c(c3)C(C)(C)OC4)[C@H]2O)cc(F)c1N)C(F)(F)F. The summed E-state index contributed by atoms with van der Waals surface area (Å²) >= 11 is 0. The number of hydrogen-bond acceptors (Lipinski definition) is 7. The summed E-state index contributed by atoms with van der Waals surface area (Å²) in [5.41, 5.74) is 8.23. The summed E-state index contributed by atoms with van der Waals surface area (Å²) in [5, 5.41) is 14.4.